The largest absolute Gasteiger partial charge is 2.00 e. The summed E-state index contributed by atoms with van der Waals surface area (Å²) in [6, 6.07) is 0. The summed E-state index contributed by atoms with van der Waals surface area (Å²) in [5, 5.41) is 17.9. The zero-order chi connectivity index (χ0) is 5.15. The van der Waals surface area contributed by atoms with Crippen molar-refractivity contribution in [3.63, 3.8) is 0 Å². The van der Waals surface area contributed by atoms with Gasteiger partial charge in [-0.3, -0.25) is 0 Å². The maximum absolute atomic E-state index is 8.93. The first-order chi connectivity index (χ1) is 2.64. The maximum atomic E-state index is 8.93. The topological polar surface area (TPSA) is 206 Å². The Morgan fingerprint density at radius 1 is 0.727 bits per heavy atom. The molecule has 0 saturated carbocycles. The van der Waals surface area contributed by atoms with Gasteiger partial charge in [0.05, 0.1) is 11.9 Å². The summed E-state index contributed by atoms with van der Waals surface area (Å²) in [6.45, 7) is 0. The number of aliphatic carboxylic acids is 2. The van der Waals surface area contributed by atoms with E-state index < -0.39 is 11.9 Å². The van der Waals surface area contributed by atoms with Crippen molar-refractivity contribution in [3.05, 3.63) is 0 Å². The molecule has 0 aromatic rings. The number of hydrogen-bond donors (Lipinski definition) is 0. The van der Waals surface area contributed by atoms with Gasteiger partial charge in [0, 0.05) is 0 Å². The summed E-state index contributed by atoms with van der Waals surface area (Å²) in [5.41, 5.74) is 0. The van der Waals surface area contributed by atoms with Crippen molar-refractivity contribution in [1.29, 1.82) is 0 Å². The quantitative estimate of drug-likeness (QED) is 0.287. The number of carbonyl (C=O) groups excluding carboxylic acids is 2. The Bertz CT molecular complexity index is 78.1. The number of carbonyl (C=O) groups is 2. The molecule has 8 nitrogen and oxygen atoms in total. The smallest absolute Gasteiger partial charge is 0.543 e. The van der Waals surface area contributed by atoms with E-state index in [0.29, 0.717) is 0 Å². The van der Waals surface area contributed by atoms with Crippen molar-refractivity contribution in [2.45, 2.75) is 0 Å². The molecule has 0 aliphatic rings. The first kappa shape index (κ1) is 48.4. The van der Waals surface area contributed by atoms with Crippen molar-refractivity contribution < 1.29 is 58.2 Å². The maximum Gasteiger partial charge on any atom is 2.00 e. The van der Waals surface area contributed by atoms with E-state index in [4.69, 9.17) is 19.8 Å². The van der Waals surface area contributed by atoms with E-state index >= 15 is 0 Å². The van der Waals surface area contributed by atoms with Crippen LogP contribution in [0.3, 0.4) is 0 Å². The van der Waals surface area contributed by atoms with Gasteiger partial charge in [0.2, 0.25) is 0 Å². The Balaban J connectivity index is -0.0000000125. The summed E-state index contributed by atoms with van der Waals surface area (Å²) in [6.07, 6.45) is 0. The number of hydrogen-bond acceptors (Lipinski definition) is 4. The van der Waals surface area contributed by atoms with Crippen LogP contribution in [0.2, 0.25) is 0 Å². The fourth-order valence-corrected chi connectivity index (χ4v) is 0. The van der Waals surface area contributed by atoms with Gasteiger partial charge in [-0.25, -0.2) is 0 Å². The van der Waals surface area contributed by atoms with Crippen LogP contribution in [0, 0.1) is 0 Å². The van der Waals surface area contributed by atoms with Crippen LogP contribution in [0.5, 0.6) is 0 Å². The van der Waals surface area contributed by atoms with E-state index in [1.54, 1.807) is 0 Å². The number of rotatable bonds is 0. The second-order valence-corrected chi connectivity index (χ2v) is 0.575. The minimum absolute atomic E-state index is 0. The zero-order valence-corrected chi connectivity index (χ0v) is 5.94. The fourth-order valence-electron chi connectivity index (χ4n) is 0. The van der Waals surface area contributed by atoms with Crippen LogP contribution >= 0.6 is 0 Å². The minimum Gasteiger partial charge on any atom is -0.543 e. The Labute approximate surface area is 71.0 Å². The molecule has 9 heteroatoms. The molecule has 0 atom stereocenters. The van der Waals surface area contributed by atoms with Crippen LogP contribution in [0.1, 0.15) is 0 Å². The van der Waals surface area contributed by atoms with Crippen molar-refractivity contribution in [2.75, 3.05) is 0 Å². The molecule has 0 spiro atoms. The summed E-state index contributed by atoms with van der Waals surface area (Å²) in [4.78, 5) is 17.9. The molecule has 11 heavy (non-hydrogen) atoms. The normalized spacial score (nSPS) is 4.00. The van der Waals surface area contributed by atoms with Crippen LogP contribution in [-0.4, -0.2) is 33.8 Å². The third kappa shape index (κ3) is 45.8. The second kappa shape index (κ2) is 22.8. The van der Waals surface area contributed by atoms with Crippen LogP contribution in [-0.2, 0) is 26.1 Å². The predicted octanol–water partition coefficient (Wildman–Crippen LogP) is -6.82. The van der Waals surface area contributed by atoms with Gasteiger partial charge in [-0.2, -0.15) is 0 Å². The van der Waals surface area contributed by atoms with E-state index in [-0.39, 0.29) is 38.4 Å². The van der Waals surface area contributed by atoms with Crippen molar-refractivity contribution in [3.8, 4) is 0 Å². The third-order valence-corrected chi connectivity index (χ3v) is 0.167. The van der Waals surface area contributed by atoms with Crippen molar-refractivity contribution in [2.24, 2.45) is 0 Å². The van der Waals surface area contributed by atoms with Gasteiger partial charge in [-0.05, 0) is 0 Å². The first-order valence-corrected chi connectivity index (χ1v) is 1.07. The number of carboxylic acids is 2. The molecule has 0 aliphatic carbocycles. The fraction of sp³-hybridized carbons (Fsp3) is 0. The average Bonchev–Trinajstić information content (AvgIpc) is 1.36. The van der Waals surface area contributed by atoms with Gasteiger partial charge in [0.1, 0.15) is 0 Å². The molecule has 0 bridgehead atoms. The van der Waals surface area contributed by atoms with E-state index in [2.05, 4.69) is 0 Å². The molecule has 0 aliphatic heterocycles. The Morgan fingerprint density at radius 2 is 0.818 bits per heavy atom. The average molecular weight is 219 g/mol. The zero-order valence-electron chi connectivity index (χ0n) is 4.95. The van der Waals surface area contributed by atoms with Gasteiger partial charge in [0.15, 0.2) is 0 Å². The monoisotopic (exact) mass is 218 g/mol. The molecule has 0 heterocycles. The van der Waals surface area contributed by atoms with E-state index in [9.17, 15) is 0 Å². The molecule has 0 amide bonds. The second-order valence-electron chi connectivity index (χ2n) is 0.575. The molecule has 0 saturated heterocycles. The predicted molar refractivity (Wildman–Crippen MR) is 24.5 cm³/mol. The number of carboxylic acid groups (broad SMARTS) is 2. The van der Waals surface area contributed by atoms with E-state index in [0.717, 1.165) is 0 Å². The Hall–Kier alpha value is -0.726. The van der Waals surface area contributed by atoms with Crippen molar-refractivity contribution >= 4 is 11.9 Å². The molecule has 0 rings (SSSR count). The van der Waals surface area contributed by atoms with Gasteiger partial charge >= 0.3 is 16.5 Å². The van der Waals surface area contributed by atoms with E-state index in [1.807, 2.05) is 0 Å². The third-order valence-electron chi connectivity index (χ3n) is 0.167. The van der Waals surface area contributed by atoms with E-state index in [1.165, 1.54) is 0 Å². The molecular weight excluding hydrogens is 211 g/mol. The molecule has 8 N–H and O–H groups in total. The summed E-state index contributed by atoms with van der Waals surface area (Å²) in [7, 11) is 0. The molecule has 0 unspecified atom stereocenters. The standard InChI is InChI=1S/C2H2O4.Ni.4H2O/c3-1(4)2(5)6;;;;;/h(H,3,4)(H,5,6);;4*1H2/q;+2;;;;/p-2. The molecule has 0 radical (unpaired) electrons. The summed E-state index contributed by atoms with van der Waals surface area (Å²) < 4.78 is 0. The van der Waals surface area contributed by atoms with Crippen LogP contribution < -0.4 is 10.2 Å². The summed E-state index contributed by atoms with van der Waals surface area (Å²) in [5.74, 6) is -4.37. The SMILES string of the molecule is O.O.O.O.O=C([O-])C(=O)[O-].[Ni+2]. The minimum atomic E-state index is -2.19. The van der Waals surface area contributed by atoms with Gasteiger partial charge in [-0.15, -0.1) is 0 Å². The Kier molecular flexibility index (Phi) is 100. The van der Waals surface area contributed by atoms with Crippen molar-refractivity contribution in [1.82, 2.24) is 0 Å². The van der Waals surface area contributed by atoms with Gasteiger partial charge in [-0.1, -0.05) is 0 Å². The Morgan fingerprint density at radius 3 is 0.818 bits per heavy atom. The van der Waals surface area contributed by atoms with Gasteiger partial charge < -0.3 is 41.7 Å². The molecule has 74 valence electrons. The molecular formula is C2H8NiO8. The van der Waals surface area contributed by atoms with Crippen LogP contribution in [0.15, 0.2) is 0 Å². The van der Waals surface area contributed by atoms with Crippen LogP contribution in [0.25, 0.3) is 0 Å². The molecule has 0 fully saturated rings. The van der Waals surface area contributed by atoms with Gasteiger partial charge in [0.25, 0.3) is 0 Å². The summed E-state index contributed by atoms with van der Waals surface area (Å²) >= 11 is 0. The first-order valence-electron chi connectivity index (χ1n) is 1.07. The van der Waals surface area contributed by atoms with Crippen LogP contribution in [0.4, 0.5) is 0 Å². The molecule has 0 aromatic carbocycles. The molecule has 0 aromatic heterocycles.